The van der Waals surface area contributed by atoms with Crippen LogP contribution in [0.3, 0.4) is 0 Å². The quantitative estimate of drug-likeness (QED) is 0.859. The Balaban J connectivity index is 2.09. The van der Waals surface area contributed by atoms with Gasteiger partial charge in [0.05, 0.1) is 7.11 Å². The van der Waals surface area contributed by atoms with Gasteiger partial charge in [-0.25, -0.2) is 0 Å². The maximum Gasteiger partial charge on any atom is 0.325 e. The Hall–Kier alpha value is -1.69. The zero-order chi connectivity index (χ0) is 15.2. The van der Waals surface area contributed by atoms with Crippen molar-refractivity contribution >= 4 is 29.3 Å². The minimum atomic E-state index is -0.334. The van der Waals surface area contributed by atoms with Gasteiger partial charge in [0.15, 0.2) is 0 Å². The maximum absolute atomic E-state index is 12.5. The molecule has 0 saturated carbocycles. The molecule has 1 aliphatic rings. The molecule has 1 aliphatic heterocycles. The molecule has 1 N–H and O–H groups in total. The lowest BCUT2D eigenvalue weighted by Crippen LogP contribution is -2.37. The number of carbonyl (C=O) groups is 2. The van der Waals surface area contributed by atoms with Crippen LogP contribution in [0.1, 0.15) is 15.9 Å². The van der Waals surface area contributed by atoms with Gasteiger partial charge >= 0.3 is 5.97 Å². The van der Waals surface area contributed by atoms with Crippen LogP contribution in [0.5, 0.6) is 0 Å². The minimum absolute atomic E-state index is 0.0522. The summed E-state index contributed by atoms with van der Waals surface area (Å²) in [6, 6.07) is 5.54. The molecule has 0 aliphatic carbocycles. The Morgan fingerprint density at radius 2 is 2.05 bits per heavy atom. The van der Waals surface area contributed by atoms with Crippen LogP contribution in [0.15, 0.2) is 18.2 Å². The summed E-state index contributed by atoms with van der Waals surface area (Å²) in [5.74, 6) is 1.70. The van der Waals surface area contributed by atoms with Crippen molar-refractivity contribution in [3.63, 3.8) is 0 Å². The van der Waals surface area contributed by atoms with Gasteiger partial charge < -0.3 is 15.0 Å². The number of amides is 1. The molecule has 1 saturated heterocycles. The zero-order valence-corrected chi connectivity index (χ0v) is 13.2. The molecule has 1 aromatic rings. The first-order valence-corrected chi connectivity index (χ1v) is 8.05. The Bertz CT molecular complexity index is 528. The fraction of sp³-hybridized carbons (Fsp3) is 0.467. The van der Waals surface area contributed by atoms with Gasteiger partial charge in [-0.2, -0.15) is 11.8 Å². The van der Waals surface area contributed by atoms with Crippen LogP contribution in [0.25, 0.3) is 0 Å². The third-order valence-corrected chi connectivity index (χ3v) is 4.38. The van der Waals surface area contributed by atoms with Gasteiger partial charge in [-0.1, -0.05) is 6.07 Å². The fourth-order valence-corrected chi connectivity index (χ4v) is 3.04. The van der Waals surface area contributed by atoms with Crippen LogP contribution in [0.2, 0.25) is 0 Å². The van der Waals surface area contributed by atoms with E-state index in [4.69, 9.17) is 0 Å². The summed E-state index contributed by atoms with van der Waals surface area (Å²) in [6.07, 6.45) is 0. The summed E-state index contributed by atoms with van der Waals surface area (Å²) in [7, 11) is 1.35. The molecule has 0 unspecified atom stereocenters. The average molecular weight is 308 g/mol. The van der Waals surface area contributed by atoms with E-state index in [9.17, 15) is 9.59 Å². The number of carbonyl (C=O) groups excluding carboxylic acids is 2. The molecule has 0 aromatic heterocycles. The molecule has 5 nitrogen and oxygen atoms in total. The van der Waals surface area contributed by atoms with Gasteiger partial charge in [-0.3, -0.25) is 9.59 Å². The summed E-state index contributed by atoms with van der Waals surface area (Å²) in [6.45, 7) is 3.62. The SMILES string of the molecule is COC(=O)CNc1cc(C(=O)N2CCSCC2)ccc1C. The van der Waals surface area contributed by atoms with Gasteiger partial charge in [-0.05, 0) is 24.6 Å². The van der Waals surface area contributed by atoms with Crippen molar-refractivity contribution in [3.8, 4) is 0 Å². The first-order valence-electron chi connectivity index (χ1n) is 6.90. The van der Waals surface area contributed by atoms with Crippen molar-refractivity contribution in [2.75, 3.05) is 43.6 Å². The number of aryl methyl sites for hydroxylation is 1. The molecule has 0 bridgehead atoms. The number of benzene rings is 1. The Kier molecular flexibility index (Phi) is 5.50. The molecule has 0 radical (unpaired) electrons. The van der Waals surface area contributed by atoms with E-state index in [1.165, 1.54) is 7.11 Å². The Labute approximate surface area is 129 Å². The van der Waals surface area contributed by atoms with E-state index < -0.39 is 0 Å². The molecule has 1 heterocycles. The summed E-state index contributed by atoms with van der Waals surface area (Å²) < 4.78 is 4.61. The summed E-state index contributed by atoms with van der Waals surface area (Å²) in [5, 5.41) is 3.01. The highest BCUT2D eigenvalue weighted by Gasteiger charge is 2.19. The monoisotopic (exact) mass is 308 g/mol. The second-order valence-corrected chi connectivity index (χ2v) is 6.09. The van der Waals surface area contributed by atoms with Crippen LogP contribution < -0.4 is 5.32 Å². The number of hydrogen-bond acceptors (Lipinski definition) is 5. The maximum atomic E-state index is 12.5. The minimum Gasteiger partial charge on any atom is -0.468 e. The summed E-state index contributed by atoms with van der Waals surface area (Å²) >= 11 is 1.87. The molecule has 1 aromatic carbocycles. The second kappa shape index (κ2) is 7.36. The topological polar surface area (TPSA) is 58.6 Å². The zero-order valence-electron chi connectivity index (χ0n) is 12.3. The van der Waals surface area contributed by atoms with Crippen molar-refractivity contribution in [2.45, 2.75) is 6.92 Å². The predicted octanol–water partition coefficient (Wildman–Crippen LogP) is 1.77. The highest BCUT2D eigenvalue weighted by Crippen LogP contribution is 2.19. The van der Waals surface area contributed by atoms with Crippen LogP contribution >= 0.6 is 11.8 Å². The number of rotatable bonds is 4. The van der Waals surface area contributed by atoms with E-state index in [-0.39, 0.29) is 18.4 Å². The second-order valence-electron chi connectivity index (χ2n) is 4.86. The van der Waals surface area contributed by atoms with Crippen molar-refractivity contribution in [2.24, 2.45) is 0 Å². The van der Waals surface area contributed by atoms with Crippen LogP contribution in [0, 0.1) is 6.92 Å². The average Bonchev–Trinajstić information content (AvgIpc) is 2.54. The molecular weight excluding hydrogens is 288 g/mol. The summed E-state index contributed by atoms with van der Waals surface area (Å²) in [4.78, 5) is 25.5. The van der Waals surface area contributed by atoms with E-state index >= 15 is 0 Å². The highest BCUT2D eigenvalue weighted by molar-refractivity contribution is 7.99. The van der Waals surface area contributed by atoms with Crippen LogP contribution in [-0.2, 0) is 9.53 Å². The molecule has 114 valence electrons. The van der Waals surface area contributed by atoms with E-state index in [1.54, 1.807) is 0 Å². The van der Waals surface area contributed by atoms with Crippen molar-refractivity contribution in [3.05, 3.63) is 29.3 Å². The smallest absolute Gasteiger partial charge is 0.325 e. The molecule has 1 amide bonds. The van der Waals surface area contributed by atoms with E-state index in [0.717, 1.165) is 35.8 Å². The molecular formula is C15H20N2O3S. The number of thioether (sulfide) groups is 1. The number of esters is 1. The molecule has 1 fully saturated rings. The third kappa shape index (κ3) is 4.14. The van der Waals surface area contributed by atoms with E-state index in [1.807, 2.05) is 41.8 Å². The van der Waals surface area contributed by atoms with Gasteiger partial charge in [0.2, 0.25) is 0 Å². The first kappa shape index (κ1) is 15.7. The standard InChI is InChI=1S/C15H20N2O3S/c1-11-3-4-12(9-13(11)16-10-14(18)20-2)15(19)17-5-7-21-8-6-17/h3-4,9,16H,5-8,10H2,1-2H3. The van der Waals surface area contributed by atoms with Crippen molar-refractivity contribution in [1.82, 2.24) is 4.90 Å². The Morgan fingerprint density at radius 3 is 2.71 bits per heavy atom. The van der Waals surface area contributed by atoms with Gasteiger partial charge in [-0.15, -0.1) is 0 Å². The van der Waals surface area contributed by atoms with Gasteiger partial charge in [0, 0.05) is 35.8 Å². The van der Waals surface area contributed by atoms with Crippen LogP contribution in [-0.4, -0.2) is 55.0 Å². The third-order valence-electron chi connectivity index (χ3n) is 3.43. The van der Waals surface area contributed by atoms with E-state index in [0.29, 0.717) is 5.56 Å². The van der Waals surface area contributed by atoms with Crippen molar-refractivity contribution < 1.29 is 14.3 Å². The number of methoxy groups -OCH3 is 1. The predicted molar refractivity (Wildman–Crippen MR) is 84.9 cm³/mol. The molecule has 2 rings (SSSR count). The number of hydrogen-bond donors (Lipinski definition) is 1. The lowest BCUT2D eigenvalue weighted by atomic mass is 10.1. The fourth-order valence-electron chi connectivity index (χ4n) is 2.13. The largest absolute Gasteiger partial charge is 0.468 e. The molecule has 6 heteroatoms. The number of nitrogens with zero attached hydrogens (tertiary/aromatic N) is 1. The lowest BCUT2D eigenvalue weighted by Gasteiger charge is -2.26. The van der Waals surface area contributed by atoms with Gasteiger partial charge in [0.1, 0.15) is 6.54 Å². The van der Waals surface area contributed by atoms with Crippen molar-refractivity contribution in [1.29, 1.82) is 0 Å². The normalized spacial score (nSPS) is 14.7. The molecule has 21 heavy (non-hydrogen) atoms. The van der Waals surface area contributed by atoms with E-state index in [2.05, 4.69) is 10.1 Å². The van der Waals surface area contributed by atoms with Crippen LogP contribution in [0.4, 0.5) is 5.69 Å². The lowest BCUT2D eigenvalue weighted by molar-refractivity contribution is -0.138. The Morgan fingerprint density at radius 1 is 1.33 bits per heavy atom. The first-order chi connectivity index (χ1) is 10.1. The number of nitrogens with one attached hydrogen (secondary N) is 1. The molecule has 0 spiro atoms. The number of ether oxygens (including phenoxy) is 1. The number of anilines is 1. The highest BCUT2D eigenvalue weighted by atomic mass is 32.2. The van der Waals surface area contributed by atoms with Gasteiger partial charge in [0.25, 0.3) is 5.91 Å². The molecule has 0 atom stereocenters. The summed E-state index contributed by atoms with van der Waals surface area (Å²) in [5.41, 5.74) is 2.43.